The molecule has 0 fully saturated rings. The topological polar surface area (TPSA) is 74.3 Å². The molecule has 1 aliphatic heterocycles. The minimum atomic E-state index is -4.79. The van der Waals surface area contributed by atoms with Gasteiger partial charge in [-0.25, -0.2) is 0 Å². The van der Waals surface area contributed by atoms with Gasteiger partial charge in [0.05, 0.1) is 26.9 Å². The first kappa shape index (κ1) is 26.2. The lowest BCUT2D eigenvalue weighted by atomic mass is 10.1. The summed E-state index contributed by atoms with van der Waals surface area (Å²) in [6.45, 7) is 0.186. The van der Waals surface area contributed by atoms with Crippen molar-refractivity contribution in [3.8, 4) is 34.8 Å². The molecule has 0 N–H and O–H groups in total. The Hall–Kier alpha value is -4.39. The standard InChI is InChI=1S/C26H22F3NO6/c1-33-21-15-18(16-22(34-2)24(21)35-3)9-13-23(31)30-14-4-5-19(25(30)32)10-6-17-7-11-20(12-8-17)36-26(27,28)29/h5,7-9,11-13,15-16H,4,14H2,1-3H3/b13-9+. The number of ether oxygens (including phenoxy) is 4. The molecule has 2 amide bonds. The summed E-state index contributed by atoms with van der Waals surface area (Å²) in [4.78, 5) is 26.6. The van der Waals surface area contributed by atoms with E-state index in [4.69, 9.17) is 14.2 Å². The number of benzene rings is 2. The maximum atomic E-state index is 12.8. The molecule has 0 saturated heterocycles. The fourth-order valence-electron chi connectivity index (χ4n) is 3.32. The van der Waals surface area contributed by atoms with E-state index in [0.29, 0.717) is 34.8 Å². The summed E-state index contributed by atoms with van der Waals surface area (Å²) in [5, 5.41) is 0. The number of amides is 2. The number of methoxy groups -OCH3 is 3. The Morgan fingerprint density at radius 3 is 2.19 bits per heavy atom. The molecule has 0 aliphatic carbocycles. The fraction of sp³-hybridized carbons (Fsp3) is 0.231. The monoisotopic (exact) mass is 501 g/mol. The molecule has 0 radical (unpaired) electrons. The molecule has 0 unspecified atom stereocenters. The molecule has 188 valence electrons. The van der Waals surface area contributed by atoms with E-state index in [-0.39, 0.29) is 17.9 Å². The summed E-state index contributed by atoms with van der Waals surface area (Å²) in [5.74, 6) is 5.17. The first-order chi connectivity index (χ1) is 17.1. The molecule has 10 heteroatoms. The zero-order valence-corrected chi connectivity index (χ0v) is 19.6. The van der Waals surface area contributed by atoms with Gasteiger partial charge in [-0.3, -0.25) is 14.5 Å². The number of hydrogen-bond donors (Lipinski definition) is 0. The fourth-order valence-corrected chi connectivity index (χ4v) is 3.32. The van der Waals surface area contributed by atoms with Crippen molar-refractivity contribution in [2.75, 3.05) is 27.9 Å². The molecule has 0 saturated carbocycles. The minimum Gasteiger partial charge on any atom is -0.493 e. The van der Waals surface area contributed by atoms with Crippen LogP contribution in [0.25, 0.3) is 6.08 Å². The van der Waals surface area contributed by atoms with Crippen LogP contribution in [-0.4, -0.2) is 51.0 Å². The highest BCUT2D eigenvalue weighted by Crippen LogP contribution is 2.38. The molecule has 0 aromatic heterocycles. The van der Waals surface area contributed by atoms with Crippen molar-refractivity contribution in [3.05, 3.63) is 65.3 Å². The van der Waals surface area contributed by atoms with E-state index in [9.17, 15) is 22.8 Å². The van der Waals surface area contributed by atoms with E-state index >= 15 is 0 Å². The Morgan fingerprint density at radius 2 is 1.64 bits per heavy atom. The van der Waals surface area contributed by atoms with E-state index in [1.165, 1.54) is 45.6 Å². The Kier molecular flexibility index (Phi) is 8.27. The van der Waals surface area contributed by atoms with Crippen molar-refractivity contribution in [2.24, 2.45) is 0 Å². The summed E-state index contributed by atoms with van der Waals surface area (Å²) in [6, 6.07) is 8.24. The van der Waals surface area contributed by atoms with Crippen LogP contribution in [0.2, 0.25) is 0 Å². The Labute approximate surface area is 205 Å². The average Bonchev–Trinajstić information content (AvgIpc) is 2.85. The van der Waals surface area contributed by atoms with Crippen LogP contribution >= 0.6 is 0 Å². The van der Waals surface area contributed by atoms with Crippen LogP contribution in [0, 0.1) is 11.8 Å². The second kappa shape index (κ2) is 11.4. The highest BCUT2D eigenvalue weighted by molar-refractivity contribution is 6.11. The SMILES string of the molecule is COc1cc(/C=C/C(=O)N2CCC=C(C#Cc3ccc(OC(F)(F)F)cc3)C2=O)cc(OC)c1OC. The second-order valence-electron chi connectivity index (χ2n) is 7.32. The third-order valence-corrected chi connectivity index (χ3v) is 4.98. The van der Waals surface area contributed by atoms with Crippen molar-refractivity contribution in [3.63, 3.8) is 0 Å². The van der Waals surface area contributed by atoms with Crippen LogP contribution in [0.15, 0.2) is 54.1 Å². The van der Waals surface area contributed by atoms with E-state index in [1.807, 2.05) is 0 Å². The van der Waals surface area contributed by atoms with Crippen LogP contribution < -0.4 is 18.9 Å². The van der Waals surface area contributed by atoms with Gasteiger partial charge in [-0.15, -0.1) is 13.2 Å². The number of rotatable bonds is 6. The third-order valence-electron chi connectivity index (χ3n) is 4.98. The van der Waals surface area contributed by atoms with Gasteiger partial charge in [-0.05, 0) is 54.5 Å². The molecule has 7 nitrogen and oxygen atoms in total. The van der Waals surface area contributed by atoms with Crippen LogP contribution in [0.5, 0.6) is 23.0 Å². The number of carbonyl (C=O) groups is 2. The van der Waals surface area contributed by atoms with E-state index in [0.717, 1.165) is 17.0 Å². The van der Waals surface area contributed by atoms with E-state index in [1.54, 1.807) is 18.2 Å². The molecule has 2 aromatic rings. The van der Waals surface area contributed by atoms with Crippen molar-refractivity contribution in [1.82, 2.24) is 4.90 Å². The largest absolute Gasteiger partial charge is 0.573 e. The van der Waals surface area contributed by atoms with Gasteiger partial charge < -0.3 is 18.9 Å². The molecule has 0 spiro atoms. The minimum absolute atomic E-state index is 0.117. The summed E-state index contributed by atoms with van der Waals surface area (Å²) in [7, 11) is 4.43. The maximum Gasteiger partial charge on any atom is 0.573 e. The lowest BCUT2D eigenvalue weighted by Gasteiger charge is -2.22. The molecule has 1 aliphatic rings. The first-order valence-corrected chi connectivity index (χ1v) is 10.6. The highest BCUT2D eigenvalue weighted by Gasteiger charge is 2.31. The predicted octanol–water partition coefficient (Wildman–Crippen LogP) is 4.36. The van der Waals surface area contributed by atoms with E-state index < -0.39 is 18.2 Å². The van der Waals surface area contributed by atoms with Gasteiger partial charge in [0.1, 0.15) is 5.75 Å². The number of alkyl halides is 3. The lowest BCUT2D eigenvalue weighted by Crippen LogP contribution is -2.39. The van der Waals surface area contributed by atoms with Crippen LogP contribution in [0.4, 0.5) is 13.2 Å². The molecule has 2 aromatic carbocycles. The van der Waals surface area contributed by atoms with Gasteiger partial charge in [0.2, 0.25) is 5.75 Å². The van der Waals surface area contributed by atoms with Crippen molar-refractivity contribution in [1.29, 1.82) is 0 Å². The maximum absolute atomic E-state index is 12.8. The Balaban J connectivity index is 1.71. The molecular weight excluding hydrogens is 479 g/mol. The zero-order chi connectivity index (χ0) is 26.3. The van der Waals surface area contributed by atoms with Gasteiger partial charge in [-0.1, -0.05) is 17.9 Å². The second-order valence-corrected chi connectivity index (χ2v) is 7.32. The number of hydrogen-bond acceptors (Lipinski definition) is 6. The Bertz CT molecular complexity index is 1230. The molecule has 3 rings (SSSR count). The number of imide groups is 1. The number of nitrogens with zero attached hydrogens (tertiary/aromatic N) is 1. The molecule has 36 heavy (non-hydrogen) atoms. The van der Waals surface area contributed by atoms with Crippen LogP contribution in [0.3, 0.4) is 0 Å². The van der Waals surface area contributed by atoms with Crippen LogP contribution in [-0.2, 0) is 9.59 Å². The first-order valence-electron chi connectivity index (χ1n) is 10.6. The molecular formula is C26H22F3NO6. The lowest BCUT2D eigenvalue weighted by molar-refractivity contribution is -0.274. The predicted molar refractivity (Wildman–Crippen MR) is 125 cm³/mol. The summed E-state index contributed by atoms with van der Waals surface area (Å²) in [5.41, 5.74) is 1.09. The summed E-state index contributed by atoms with van der Waals surface area (Å²) >= 11 is 0. The quantitative estimate of drug-likeness (QED) is 0.433. The molecule has 0 atom stereocenters. The van der Waals surface area contributed by atoms with Crippen molar-refractivity contribution < 1.29 is 41.7 Å². The smallest absolute Gasteiger partial charge is 0.493 e. The van der Waals surface area contributed by atoms with Gasteiger partial charge in [0, 0.05) is 18.2 Å². The van der Waals surface area contributed by atoms with Crippen molar-refractivity contribution >= 4 is 17.9 Å². The zero-order valence-electron chi connectivity index (χ0n) is 19.6. The summed E-state index contributed by atoms with van der Waals surface area (Å²) < 4.78 is 56.5. The molecule has 0 bridgehead atoms. The third kappa shape index (κ3) is 6.60. The van der Waals surface area contributed by atoms with Gasteiger partial charge in [-0.2, -0.15) is 0 Å². The normalized spacial score (nSPS) is 13.6. The van der Waals surface area contributed by atoms with Gasteiger partial charge >= 0.3 is 6.36 Å². The number of carbonyl (C=O) groups excluding carboxylic acids is 2. The average molecular weight is 501 g/mol. The van der Waals surface area contributed by atoms with Gasteiger partial charge in [0.15, 0.2) is 11.5 Å². The Morgan fingerprint density at radius 1 is 1.00 bits per heavy atom. The number of halogens is 3. The van der Waals surface area contributed by atoms with Crippen molar-refractivity contribution in [2.45, 2.75) is 12.8 Å². The summed E-state index contributed by atoms with van der Waals surface area (Å²) in [6.07, 6.45) is 0.0200. The van der Waals surface area contributed by atoms with Crippen LogP contribution in [0.1, 0.15) is 17.5 Å². The highest BCUT2D eigenvalue weighted by atomic mass is 19.4. The van der Waals surface area contributed by atoms with E-state index in [2.05, 4.69) is 16.6 Å². The van der Waals surface area contributed by atoms with Gasteiger partial charge in [0.25, 0.3) is 11.8 Å². The molecule has 1 heterocycles.